The van der Waals surface area contributed by atoms with Crippen molar-refractivity contribution in [2.24, 2.45) is 5.92 Å². The molecule has 1 heterocycles. The van der Waals surface area contributed by atoms with Crippen LogP contribution in [-0.2, 0) is 14.8 Å². The lowest BCUT2D eigenvalue weighted by atomic mass is 10.2. The molecule has 0 atom stereocenters. The first-order valence-electron chi connectivity index (χ1n) is 7.15. The molecule has 5 nitrogen and oxygen atoms in total. The van der Waals surface area contributed by atoms with Crippen molar-refractivity contribution in [2.75, 3.05) is 31.9 Å². The Labute approximate surface area is 117 Å². The molecule has 0 aromatic rings. The van der Waals surface area contributed by atoms with Crippen molar-refractivity contribution in [2.45, 2.75) is 40.0 Å². The summed E-state index contributed by atoms with van der Waals surface area (Å²) in [4.78, 5) is 13.7. The van der Waals surface area contributed by atoms with Crippen molar-refractivity contribution in [3.8, 4) is 0 Å². The zero-order valence-corrected chi connectivity index (χ0v) is 13.1. The van der Waals surface area contributed by atoms with Gasteiger partial charge in [-0.3, -0.25) is 4.79 Å². The number of carbonyl (C=O) groups excluding carboxylic acids is 1. The first kappa shape index (κ1) is 16.4. The third kappa shape index (κ3) is 4.76. The van der Waals surface area contributed by atoms with Crippen molar-refractivity contribution in [3.05, 3.63) is 0 Å². The molecular weight excluding hydrogens is 264 g/mol. The van der Waals surface area contributed by atoms with Crippen molar-refractivity contribution in [1.29, 1.82) is 0 Å². The number of unbranched alkanes of at least 4 members (excludes halogenated alkanes) is 1. The number of sulfonamides is 1. The van der Waals surface area contributed by atoms with E-state index in [4.69, 9.17) is 0 Å². The van der Waals surface area contributed by atoms with Crippen molar-refractivity contribution < 1.29 is 13.2 Å². The van der Waals surface area contributed by atoms with E-state index in [1.807, 2.05) is 20.8 Å². The Morgan fingerprint density at radius 2 is 1.84 bits per heavy atom. The summed E-state index contributed by atoms with van der Waals surface area (Å²) in [6.45, 7) is 7.89. The fraction of sp³-hybridized carbons (Fsp3) is 0.923. The predicted molar refractivity (Wildman–Crippen MR) is 76.3 cm³/mol. The lowest BCUT2D eigenvalue weighted by Gasteiger charge is -2.23. The van der Waals surface area contributed by atoms with E-state index in [2.05, 4.69) is 0 Å². The van der Waals surface area contributed by atoms with Gasteiger partial charge in [0.1, 0.15) is 0 Å². The normalized spacial score (nSPS) is 18.6. The maximum Gasteiger partial charge on any atom is 0.225 e. The van der Waals surface area contributed by atoms with Gasteiger partial charge in [0.15, 0.2) is 0 Å². The zero-order valence-electron chi connectivity index (χ0n) is 12.3. The van der Waals surface area contributed by atoms with E-state index in [0.29, 0.717) is 32.6 Å². The summed E-state index contributed by atoms with van der Waals surface area (Å²) in [5.74, 6) is 0.317. The molecule has 0 aromatic heterocycles. The highest BCUT2D eigenvalue weighted by atomic mass is 32.2. The molecule has 1 fully saturated rings. The van der Waals surface area contributed by atoms with E-state index in [1.54, 1.807) is 9.21 Å². The molecule has 112 valence electrons. The Morgan fingerprint density at radius 1 is 1.16 bits per heavy atom. The van der Waals surface area contributed by atoms with Crippen LogP contribution in [0, 0.1) is 5.92 Å². The molecule has 0 N–H and O–H groups in total. The minimum atomic E-state index is -3.14. The maximum atomic E-state index is 12.1. The van der Waals surface area contributed by atoms with E-state index in [0.717, 1.165) is 12.8 Å². The van der Waals surface area contributed by atoms with Gasteiger partial charge < -0.3 is 4.90 Å². The standard InChI is InChI=1S/C13H26N2O3S/c1-4-5-11-19(17,18)15-8-6-7-14(9-10-15)13(16)12(2)3/h12H,4-11H2,1-3H3. The van der Waals surface area contributed by atoms with Gasteiger partial charge in [-0.2, -0.15) is 0 Å². The molecular formula is C13H26N2O3S. The van der Waals surface area contributed by atoms with Crippen molar-refractivity contribution in [1.82, 2.24) is 9.21 Å². The van der Waals surface area contributed by atoms with Crippen LogP contribution in [0.4, 0.5) is 0 Å². The van der Waals surface area contributed by atoms with Gasteiger partial charge in [0.05, 0.1) is 5.75 Å². The summed E-state index contributed by atoms with van der Waals surface area (Å²) >= 11 is 0. The van der Waals surface area contributed by atoms with Crippen molar-refractivity contribution in [3.63, 3.8) is 0 Å². The molecule has 19 heavy (non-hydrogen) atoms. The number of hydrogen-bond donors (Lipinski definition) is 0. The fourth-order valence-corrected chi connectivity index (χ4v) is 3.89. The van der Waals surface area contributed by atoms with Crippen LogP contribution in [0.15, 0.2) is 0 Å². The lowest BCUT2D eigenvalue weighted by molar-refractivity contribution is -0.134. The topological polar surface area (TPSA) is 57.7 Å². The molecule has 0 spiro atoms. The number of hydrogen-bond acceptors (Lipinski definition) is 3. The maximum absolute atomic E-state index is 12.1. The Morgan fingerprint density at radius 3 is 2.42 bits per heavy atom. The van der Waals surface area contributed by atoms with Crippen LogP contribution in [-0.4, -0.2) is 55.5 Å². The molecule has 0 saturated carbocycles. The second kappa shape index (κ2) is 7.24. The largest absolute Gasteiger partial charge is 0.341 e. The first-order chi connectivity index (χ1) is 8.88. The van der Waals surface area contributed by atoms with Crippen molar-refractivity contribution >= 4 is 15.9 Å². The zero-order chi connectivity index (χ0) is 14.5. The first-order valence-corrected chi connectivity index (χ1v) is 8.76. The van der Waals surface area contributed by atoms with Crippen LogP contribution in [0.1, 0.15) is 40.0 Å². The van der Waals surface area contributed by atoms with Crippen LogP contribution >= 0.6 is 0 Å². The summed E-state index contributed by atoms with van der Waals surface area (Å²) in [5, 5.41) is 0. The second-order valence-electron chi connectivity index (χ2n) is 5.40. The quantitative estimate of drug-likeness (QED) is 0.767. The molecule has 1 amide bonds. The molecule has 6 heteroatoms. The third-order valence-corrected chi connectivity index (χ3v) is 5.37. The summed E-state index contributed by atoms with van der Waals surface area (Å²) in [7, 11) is -3.14. The average molecular weight is 290 g/mol. The van der Waals surface area contributed by atoms with Gasteiger partial charge in [-0.15, -0.1) is 0 Å². The Balaban J connectivity index is 2.61. The predicted octanol–water partition coefficient (Wildman–Crippen LogP) is 1.31. The van der Waals surface area contributed by atoms with E-state index >= 15 is 0 Å². The Hall–Kier alpha value is -0.620. The molecule has 0 aliphatic carbocycles. The summed E-state index contributed by atoms with van der Waals surface area (Å²) in [6, 6.07) is 0. The van der Waals surface area contributed by atoms with Gasteiger partial charge in [0, 0.05) is 32.1 Å². The molecule has 0 bridgehead atoms. The fourth-order valence-electron chi connectivity index (χ4n) is 2.21. The SMILES string of the molecule is CCCCS(=O)(=O)N1CCCN(C(=O)C(C)C)CC1. The molecule has 0 aromatic carbocycles. The molecule has 1 rings (SSSR count). The molecule has 0 radical (unpaired) electrons. The van der Waals surface area contributed by atoms with Crippen LogP contribution in [0.5, 0.6) is 0 Å². The van der Waals surface area contributed by atoms with E-state index in [-0.39, 0.29) is 17.6 Å². The van der Waals surface area contributed by atoms with Gasteiger partial charge in [-0.05, 0) is 12.8 Å². The molecule has 1 saturated heterocycles. The summed E-state index contributed by atoms with van der Waals surface area (Å²) in [6.07, 6.45) is 2.31. The number of nitrogens with zero attached hydrogens (tertiary/aromatic N) is 2. The Kier molecular flexibility index (Phi) is 6.26. The van der Waals surface area contributed by atoms with Crippen LogP contribution < -0.4 is 0 Å². The van der Waals surface area contributed by atoms with Gasteiger partial charge in [-0.25, -0.2) is 12.7 Å². The van der Waals surface area contributed by atoms with Gasteiger partial charge in [0.2, 0.25) is 15.9 Å². The Bertz CT molecular complexity index is 393. The minimum absolute atomic E-state index is 0.0248. The summed E-state index contributed by atoms with van der Waals surface area (Å²) < 4.78 is 25.8. The van der Waals surface area contributed by atoms with E-state index < -0.39 is 10.0 Å². The molecule has 0 unspecified atom stereocenters. The number of rotatable bonds is 5. The third-order valence-electron chi connectivity index (χ3n) is 3.41. The van der Waals surface area contributed by atoms with Crippen LogP contribution in [0.25, 0.3) is 0 Å². The average Bonchev–Trinajstić information content (AvgIpc) is 2.61. The molecule has 1 aliphatic heterocycles. The van der Waals surface area contributed by atoms with E-state index in [9.17, 15) is 13.2 Å². The minimum Gasteiger partial charge on any atom is -0.341 e. The summed E-state index contributed by atoms with van der Waals surface area (Å²) in [5.41, 5.74) is 0. The lowest BCUT2D eigenvalue weighted by Crippen LogP contribution is -2.39. The van der Waals surface area contributed by atoms with Gasteiger partial charge >= 0.3 is 0 Å². The van der Waals surface area contributed by atoms with Gasteiger partial charge in [-0.1, -0.05) is 27.2 Å². The van der Waals surface area contributed by atoms with E-state index in [1.165, 1.54) is 0 Å². The molecule has 1 aliphatic rings. The smallest absolute Gasteiger partial charge is 0.225 e. The second-order valence-corrected chi connectivity index (χ2v) is 7.49. The van der Waals surface area contributed by atoms with Gasteiger partial charge in [0.25, 0.3) is 0 Å². The highest BCUT2D eigenvalue weighted by molar-refractivity contribution is 7.89. The number of carbonyl (C=O) groups is 1. The highest BCUT2D eigenvalue weighted by Crippen LogP contribution is 2.12. The van der Waals surface area contributed by atoms with Crippen LogP contribution in [0.3, 0.4) is 0 Å². The highest BCUT2D eigenvalue weighted by Gasteiger charge is 2.26. The van der Waals surface area contributed by atoms with Crippen LogP contribution in [0.2, 0.25) is 0 Å². The monoisotopic (exact) mass is 290 g/mol. The number of amides is 1.